The van der Waals surface area contributed by atoms with Crippen LogP contribution in [-0.4, -0.2) is 24.2 Å². The van der Waals surface area contributed by atoms with Gasteiger partial charge in [-0.05, 0) is 75.5 Å². The highest BCUT2D eigenvalue weighted by Crippen LogP contribution is 2.30. The molecule has 3 rings (SSSR count). The molecule has 0 amide bonds. The fraction of sp³-hybridized carbons (Fsp3) is 0.400. The van der Waals surface area contributed by atoms with Crippen LogP contribution in [0.4, 0.5) is 5.69 Å². The van der Waals surface area contributed by atoms with Crippen LogP contribution in [0.3, 0.4) is 0 Å². The van der Waals surface area contributed by atoms with Crippen molar-refractivity contribution in [2.45, 2.75) is 52.6 Å². The number of aromatic nitrogens is 1. The smallest absolute Gasteiger partial charge is 0.0991 e. The number of hydrogen-bond donors (Lipinski definition) is 2. The summed E-state index contributed by atoms with van der Waals surface area (Å²) in [4.78, 5) is 0. The Balaban J connectivity index is 2.08. The normalized spacial score (nSPS) is 12.1. The summed E-state index contributed by atoms with van der Waals surface area (Å²) in [6.07, 6.45) is 3.24. The Hall–Kier alpha value is -2.77. The van der Waals surface area contributed by atoms with Gasteiger partial charge >= 0.3 is 0 Å². The first-order valence-corrected chi connectivity index (χ1v) is 10.6. The fourth-order valence-corrected chi connectivity index (χ4v) is 4.20. The van der Waals surface area contributed by atoms with Gasteiger partial charge in [0, 0.05) is 41.4 Å². The zero-order valence-electron chi connectivity index (χ0n) is 18.0. The first-order valence-electron chi connectivity index (χ1n) is 10.6. The van der Waals surface area contributed by atoms with E-state index in [4.69, 9.17) is 0 Å². The molecule has 0 spiro atoms. The Labute approximate surface area is 174 Å². The van der Waals surface area contributed by atoms with Crippen LogP contribution < -0.4 is 10.6 Å². The molecule has 4 heteroatoms. The number of nitrogens with zero attached hydrogens (tertiary/aromatic N) is 2. The van der Waals surface area contributed by atoms with Crippen molar-refractivity contribution in [3.05, 3.63) is 64.8 Å². The van der Waals surface area contributed by atoms with Crippen molar-refractivity contribution in [3.8, 4) is 6.07 Å². The Morgan fingerprint density at radius 1 is 1.14 bits per heavy atom. The standard InChI is InChI=1S/C25H32N4/c1-5-21(27-4)12-14-24-18(3)22-15-19(16-26)11-13-25(22)29(24)17-20-9-7-8-10-23(20)28-6-2/h7-11,13,15,21,27-28H,5-6,12,14,17H2,1-4H3. The van der Waals surface area contributed by atoms with E-state index in [2.05, 4.69) is 72.4 Å². The molecule has 0 bridgehead atoms. The molecule has 0 aliphatic heterocycles. The van der Waals surface area contributed by atoms with Gasteiger partial charge in [-0.15, -0.1) is 0 Å². The van der Waals surface area contributed by atoms with Crippen LogP contribution in [-0.2, 0) is 13.0 Å². The highest BCUT2D eigenvalue weighted by molar-refractivity contribution is 5.86. The van der Waals surface area contributed by atoms with Crippen LogP contribution in [0.5, 0.6) is 0 Å². The number of nitriles is 1. The second-order valence-electron chi connectivity index (χ2n) is 7.62. The van der Waals surface area contributed by atoms with Crippen LogP contribution in [0.1, 0.15) is 49.1 Å². The molecule has 3 aromatic rings. The van der Waals surface area contributed by atoms with Crippen molar-refractivity contribution in [1.82, 2.24) is 9.88 Å². The Morgan fingerprint density at radius 2 is 1.93 bits per heavy atom. The van der Waals surface area contributed by atoms with E-state index >= 15 is 0 Å². The number of nitrogens with one attached hydrogen (secondary N) is 2. The van der Waals surface area contributed by atoms with Gasteiger partial charge in [-0.25, -0.2) is 0 Å². The van der Waals surface area contributed by atoms with Gasteiger partial charge in [-0.3, -0.25) is 0 Å². The lowest BCUT2D eigenvalue weighted by atomic mass is 10.0. The van der Waals surface area contributed by atoms with Crippen molar-refractivity contribution in [2.75, 3.05) is 18.9 Å². The van der Waals surface area contributed by atoms with E-state index in [1.807, 2.05) is 19.2 Å². The zero-order chi connectivity index (χ0) is 20.8. The SMILES string of the molecule is CCNc1ccccc1Cn1c(CCC(CC)NC)c(C)c2cc(C#N)ccc21. The molecule has 0 aliphatic carbocycles. The average molecular weight is 389 g/mol. The largest absolute Gasteiger partial charge is 0.385 e. The lowest BCUT2D eigenvalue weighted by Crippen LogP contribution is -2.25. The first kappa shape index (κ1) is 21.0. The molecular weight excluding hydrogens is 356 g/mol. The molecule has 29 heavy (non-hydrogen) atoms. The van der Waals surface area contributed by atoms with Crippen molar-refractivity contribution >= 4 is 16.6 Å². The van der Waals surface area contributed by atoms with E-state index in [1.54, 1.807) is 0 Å². The summed E-state index contributed by atoms with van der Waals surface area (Å²) in [5.74, 6) is 0. The predicted molar refractivity (Wildman–Crippen MR) is 123 cm³/mol. The number of hydrogen-bond acceptors (Lipinski definition) is 3. The first-order chi connectivity index (χ1) is 14.1. The highest BCUT2D eigenvalue weighted by Gasteiger charge is 2.17. The van der Waals surface area contributed by atoms with Gasteiger partial charge in [0.05, 0.1) is 11.6 Å². The Morgan fingerprint density at radius 3 is 2.62 bits per heavy atom. The molecule has 1 heterocycles. The molecule has 4 nitrogen and oxygen atoms in total. The van der Waals surface area contributed by atoms with Gasteiger partial charge in [-0.2, -0.15) is 5.26 Å². The van der Waals surface area contributed by atoms with Gasteiger partial charge < -0.3 is 15.2 Å². The molecule has 1 atom stereocenters. The molecule has 0 saturated heterocycles. The van der Waals surface area contributed by atoms with E-state index in [-0.39, 0.29) is 0 Å². The van der Waals surface area contributed by atoms with Crippen molar-refractivity contribution < 1.29 is 0 Å². The van der Waals surface area contributed by atoms with Crippen LogP contribution in [0, 0.1) is 18.3 Å². The summed E-state index contributed by atoms with van der Waals surface area (Å²) in [5, 5.41) is 17.5. The summed E-state index contributed by atoms with van der Waals surface area (Å²) < 4.78 is 2.45. The van der Waals surface area contributed by atoms with E-state index in [1.165, 1.54) is 33.4 Å². The second-order valence-corrected chi connectivity index (χ2v) is 7.62. The zero-order valence-corrected chi connectivity index (χ0v) is 18.0. The summed E-state index contributed by atoms with van der Waals surface area (Å²) >= 11 is 0. The maximum Gasteiger partial charge on any atom is 0.0991 e. The van der Waals surface area contributed by atoms with Crippen LogP contribution >= 0.6 is 0 Å². The minimum absolute atomic E-state index is 0.518. The average Bonchev–Trinajstić information content (AvgIpc) is 3.01. The maximum atomic E-state index is 9.36. The number of aryl methyl sites for hydroxylation is 1. The van der Waals surface area contributed by atoms with Gasteiger partial charge in [0.25, 0.3) is 0 Å². The van der Waals surface area contributed by atoms with Gasteiger partial charge in [0.1, 0.15) is 0 Å². The second kappa shape index (κ2) is 9.62. The van der Waals surface area contributed by atoms with Crippen LogP contribution in [0.15, 0.2) is 42.5 Å². The minimum atomic E-state index is 0.518. The number of benzene rings is 2. The Kier molecular flexibility index (Phi) is 6.95. The summed E-state index contributed by atoms with van der Waals surface area (Å²) in [6, 6.07) is 17.4. The molecule has 1 unspecified atom stereocenters. The van der Waals surface area contributed by atoms with Gasteiger partial charge in [0.2, 0.25) is 0 Å². The van der Waals surface area contributed by atoms with E-state index < -0.39 is 0 Å². The van der Waals surface area contributed by atoms with Crippen molar-refractivity contribution in [3.63, 3.8) is 0 Å². The third kappa shape index (κ3) is 4.46. The maximum absolute atomic E-state index is 9.36. The molecule has 2 N–H and O–H groups in total. The van der Waals surface area contributed by atoms with E-state index in [0.29, 0.717) is 6.04 Å². The summed E-state index contributed by atoms with van der Waals surface area (Å²) in [5.41, 5.74) is 7.08. The lowest BCUT2D eigenvalue weighted by Gasteiger charge is -2.18. The summed E-state index contributed by atoms with van der Waals surface area (Å²) in [6.45, 7) is 8.29. The number of anilines is 1. The molecule has 2 aromatic carbocycles. The van der Waals surface area contributed by atoms with E-state index in [9.17, 15) is 5.26 Å². The number of para-hydroxylation sites is 1. The Bertz CT molecular complexity index is 1010. The summed E-state index contributed by atoms with van der Waals surface area (Å²) in [7, 11) is 2.04. The predicted octanol–water partition coefficient (Wildman–Crippen LogP) is 5.23. The fourth-order valence-electron chi connectivity index (χ4n) is 4.20. The van der Waals surface area contributed by atoms with Crippen molar-refractivity contribution in [2.24, 2.45) is 0 Å². The molecular formula is C25H32N4. The van der Waals surface area contributed by atoms with Gasteiger partial charge in [-0.1, -0.05) is 25.1 Å². The van der Waals surface area contributed by atoms with Crippen molar-refractivity contribution in [1.29, 1.82) is 5.26 Å². The number of rotatable bonds is 9. The number of fused-ring (bicyclic) bond motifs is 1. The molecule has 0 radical (unpaired) electrons. The third-order valence-electron chi connectivity index (χ3n) is 5.92. The van der Waals surface area contributed by atoms with Crippen LogP contribution in [0.2, 0.25) is 0 Å². The quantitative estimate of drug-likeness (QED) is 0.527. The van der Waals surface area contributed by atoms with Crippen LogP contribution in [0.25, 0.3) is 10.9 Å². The molecule has 0 saturated carbocycles. The van der Waals surface area contributed by atoms with E-state index in [0.717, 1.165) is 37.9 Å². The topological polar surface area (TPSA) is 52.8 Å². The highest BCUT2D eigenvalue weighted by atomic mass is 15.0. The molecule has 1 aromatic heterocycles. The monoisotopic (exact) mass is 388 g/mol. The molecule has 0 fully saturated rings. The van der Waals surface area contributed by atoms with Gasteiger partial charge in [0.15, 0.2) is 0 Å². The minimum Gasteiger partial charge on any atom is -0.385 e. The molecule has 152 valence electrons. The molecule has 0 aliphatic rings. The third-order valence-corrected chi connectivity index (χ3v) is 5.92. The lowest BCUT2D eigenvalue weighted by molar-refractivity contribution is 0.501.